The maximum Gasteiger partial charge on any atom is 0.318 e. The number of H-pyrrole nitrogens is 1. The SMILES string of the molecule is CN1CCN(Cc2ccc(-c3cnc4[nH]cc(C5=CCN(C(=O)NC6COC6)CC5)c4c3)cc2)CC1. The normalized spacial score (nSPS) is 19.8. The molecule has 0 unspecified atom stereocenters. The third-order valence-electron chi connectivity index (χ3n) is 7.63. The highest BCUT2D eigenvalue weighted by molar-refractivity contribution is 5.93. The lowest BCUT2D eigenvalue weighted by molar-refractivity contribution is -0.00187. The van der Waals surface area contributed by atoms with E-state index in [1.165, 1.54) is 22.3 Å². The van der Waals surface area contributed by atoms with Crippen LogP contribution in [0.2, 0.25) is 0 Å². The van der Waals surface area contributed by atoms with E-state index < -0.39 is 0 Å². The number of nitrogens with zero attached hydrogens (tertiary/aromatic N) is 4. The molecule has 36 heavy (non-hydrogen) atoms. The molecule has 2 fully saturated rings. The number of aromatic nitrogens is 2. The quantitative estimate of drug-likeness (QED) is 0.579. The Morgan fingerprint density at radius 3 is 2.61 bits per heavy atom. The Labute approximate surface area is 211 Å². The van der Waals surface area contributed by atoms with Crippen molar-refractivity contribution in [2.24, 2.45) is 0 Å². The summed E-state index contributed by atoms with van der Waals surface area (Å²) in [5.41, 5.74) is 6.99. The number of nitrogens with one attached hydrogen (secondary N) is 2. The lowest BCUT2D eigenvalue weighted by Crippen LogP contribution is -2.53. The Balaban J connectivity index is 1.15. The molecular weight excluding hydrogens is 452 g/mol. The van der Waals surface area contributed by atoms with E-state index in [4.69, 9.17) is 9.72 Å². The van der Waals surface area contributed by atoms with Gasteiger partial charge in [-0.2, -0.15) is 0 Å². The van der Waals surface area contributed by atoms with Crippen molar-refractivity contribution in [1.82, 2.24) is 30.0 Å². The number of aromatic amines is 1. The molecule has 6 rings (SSSR count). The van der Waals surface area contributed by atoms with Gasteiger partial charge in [-0.25, -0.2) is 9.78 Å². The van der Waals surface area contributed by atoms with Gasteiger partial charge in [0.25, 0.3) is 0 Å². The van der Waals surface area contributed by atoms with E-state index in [1.807, 2.05) is 17.3 Å². The van der Waals surface area contributed by atoms with Crippen LogP contribution in [0.5, 0.6) is 0 Å². The number of hydrogen-bond donors (Lipinski definition) is 2. The van der Waals surface area contributed by atoms with Crippen LogP contribution in [-0.2, 0) is 11.3 Å². The van der Waals surface area contributed by atoms with Crippen LogP contribution in [0, 0.1) is 0 Å². The molecule has 0 spiro atoms. The standard InChI is InChI=1S/C28H34N6O2/c1-32-10-12-33(13-11-32)17-20-2-4-21(5-3-20)23-14-25-26(16-30-27(25)29-15-23)22-6-8-34(9-7-22)28(35)31-24-18-36-19-24/h2-6,14-16,24H,7-13,17-19H2,1H3,(H,29,30)(H,31,35). The van der Waals surface area contributed by atoms with E-state index in [0.29, 0.717) is 26.3 Å². The van der Waals surface area contributed by atoms with Crippen LogP contribution in [0.25, 0.3) is 27.7 Å². The molecule has 0 aliphatic carbocycles. The Bertz CT molecular complexity index is 1250. The fraction of sp³-hybridized carbons (Fsp3) is 0.429. The number of pyridine rings is 1. The number of carbonyl (C=O) groups excluding carboxylic acids is 1. The first-order valence-corrected chi connectivity index (χ1v) is 12.9. The molecule has 2 amide bonds. The van der Waals surface area contributed by atoms with E-state index in [-0.39, 0.29) is 12.1 Å². The highest BCUT2D eigenvalue weighted by Crippen LogP contribution is 2.31. The second-order valence-electron chi connectivity index (χ2n) is 10.2. The van der Waals surface area contributed by atoms with E-state index >= 15 is 0 Å². The number of carbonyl (C=O) groups is 1. The van der Waals surface area contributed by atoms with Gasteiger partial charge < -0.3 is 24.8 Å². The third-order valence-corrected chi connectivity index (χ3v) is 7.63. The molecular formula is C28H34N6O2. The Morgan fingerprint density at radius 1 is 1.11 bits per heavy atom. The molecule has 8 nitrogen and oxygen atoms in total. The number of benzene rings is 1. The molecule has 3 aromatic rings. The molecule has 0 bridgehead atoms. The van der Waals surface area contributed by atoms with Crippen LogP contribution in [0.1, 0.15) is 17.5 Å². The van der Waals surface area contributed by atoms with Crippen molar-refractivity contribution in [3.05, 3.63) is 59.9 Å². The molecule has 2 N–H and O–H groups in total. The zero-order valence-corrected chi connectivity index (χ0v) is 20.9. The predicted octanol–water partition coefficient (Wildman–Crippen LogP) is 3.17. The van der Waals surface area contributed by atoms with Crippen molar-refractivity contribution in [1.29, 1.82) is 0 Å². The molecule has 188 valence electrons. The Morgan fingerprint density at radius 2 is 1.92 bits per heavy atom. The van der Waals surface area contributed by atoms with Crippen molar-refractivity contribution in [3.63, 3.8) is 0 Å². The summed E-state index contributed by atoms with van der Waals surface area (Å²) in [4.78, 5) is 27.3. The first-order valence-electron chi connectivity index (χ1n) is 12.9. The van der Waals surface area contributed by atoms with Crippen molar-refractivity contribution in [2.75, 3.05) is 59.5 Å². The van der Waals surface area contributed by atoms with Crippen LogP contribution >= 0.6 is 0 Å². The van der Waals surface area contributed by atoms with Crippen LogP contribution in [0.3, 0.4) is 0 Å². The zero-order valence-electron chi connectivity index (χ0n) is 20.9. The van der Waals surface area contributed by atoms with Crippen molar-refractivity contribution < 1.29 is 9.53 Å². The van der Waals surface area contributed by atoms with E-state index in [0.717, 1.165) is 55.7 Å². The second kappa shape index (κ2) is 10.0. The van der Waals surface area contributed by atoms with Gasteiger partial charge in [-0.15, -0.1) is 0 Å². The first kappa shape index (κ1) is 23.2. The summed E-state index contributed by atoms with van der Waals surface area (Å²) in [5, 5.41) is 4.16. The van der Waals surface area contributed by atoms with E-state index in [2.05, 4.69) is 63.6 Å². The molecule has 8 heteroatoms. The summed E-state index contributed by atoms with van der Waals surface area (Å²) in [7, 11) is 2.19. The zero-order chi connectivity index (χ0) is 24.5. The van der Waals surface area contributed by atoms with Gasteiger partial charge in [0.1, 0.15) is 5.65 Å². The summed E-state index contributed by atoms with van der Waals surface area (Å²) in [6, 6.07) is 11.3. The summed E-state index contributed by atoms with van der Waals surface area (Å²) >= 11 is 0. The van der Waals surface area contributed by atoms with Crippen LogP contribution in [0.4, 0.5) is 4.79 Å². The summed E-state index contributed by atoms with van der Waals surface area (Å²) < 4.78 is 5.15. The van der Waals surface area contributed by atoms with Crippen LogP contribution < -0.4 is 5.32 Å². The maximum atomic E-state index is 12.5. The summed E-state index contributed by atoms with van der Waals surface area (Å²) in [6.07, 6.45) is 6.99. The van der Waals surface area contributed by atoms with Gasteiger partial charge in [-0.1, -0.05) is 30.3 Å². The van der Waals surface area contributed by atoms with Gasteiger partial charge in [0, 0.05) is 74.7 Å². The fourth-order valence-corrected chi connectivity index (χ4v) is 5.18. The predicted molar refractivity (Wildman–Crippen MR) is 142 cm³/mol. The highest BCUT2D eigenvalue weighted by atomic mass is 16.5. The minimum atomic E-state index is -0.00227. The number of amides is 2. The summed E-state index contributed by atoms with van der Waals surface area (Å²) in [6.45, 7) is 8.09. The van der Waals surface area contributed by atoms with Gasteiger partial charge in [-0.05, 0) is 36.2 Å². The smallest absolute Gasteiger partial charge is 0.318 e. The highest BCUT2D eigenvalue weighted by Gasteiger charge is 2.25. The van der Waals surface area contributed by atoms with Gasteiger partial charge in [-0.3, -0.25) is 4.90 Å². The van der Waals surface area contributed by atoms with Gasteiger partial charge in [0.05, 0.1) is 19.3 Å². The third kappa shape index (κ3) is 4.89. The minimum absolute atomic E-state index is 0.00227. The molecule has 0 saturated carbocycles. The summed E-state index contributed by atoms with van der Waals surface area (Å²) in [5.74, 6) is 0. The number of urea groups is 1. The van der Waals surface area contributed by atoms with E-state index in [9.17, 15) is 4.79 Å². The van der Waals surface area contributed by atoms with Gasteiger partial charge in [0.2, 0.25) is 0 Å². The topological polar surface area (TPSA) is 76.7 Å². The minimum Gasteiger partial charge on any atom is -0.377 e. The Kier molecular flexibility index (Phi) is 6.48. The van der Waals surface area contributed by atoms with E-state index in [1.54, 1.807) is 0 Å². The van der Waals surface area contributed by atoms with Crippen molar-refractivity contribution in [2.45, 2.75) is 19.0 Å². The fourth-order valence-electron chi connectivity index (χ4n) is 5.18. The van der Waals surface area contributed by atoms with Gasteiger partial charge >= 0.3 is 6.03 Å². The largest absolute Gasteiger partial charge is 0.377 e. The van der Waals surface area contributed by atoms with Crippen LogP contribution in [-0.4, -0.2) is 96.3 Å². The molecule has 1 aromatic carbocycles. The lowest BCUT2D eigenvalue weighted by atomic mass is 9.98. The second-order valence-corrected chi connectivity index (χ2v) is 10.2. The molecule has 3 aliphatic rings. The molecule has 0 atom stereocenters. The molecule has 0 radical (unpaired) electrons. The first-order chi connectivity index (χ1) is 17.6. The molecule has 3 aliphatic heterocycles. The number of piperazine rings is 1. The number of likely N-dealkylation sites (N-methyl/N-ethyl adjacent to an activating group) is 1. The maximum absolute atomic E-state index is 12.5. The average molecular weight is 487 g/mol. The molecule has 5 heterocycles. The number of rotatable bonds is 5. The number of hydrogen-bond acceptors (Lipinski definition) is 5. The van der Waals surface area contributed by atoms with Crippen LogP contribution in [0.15, 0.2) is 48.8 Å². The monoisotopic (exact) mass is 486 g/mol. The van der Waals surface area contributed by atoms with Crippen molar-refractivity contribution in [3.8, 4) is 11.1 Å². The Hall–Kier alpha value is -3.20. The average Bonchev–Trinajstić information content (AvgIpc) is 3.31. The molecule has 2 saturated heterocycles. The lowest BCUT2D eigenvalue weighted by Gasteiger charge is -2.32. The molecule has 2 aromatic heterocycles. The number of fused-ring (bicyclic) bond motifs is 1. The van der Waals surface area contributed by atoms with Crippen molar-refractivity contribution >= 4 is 22.6 Å². The number of ether oxygens (including phenoxy) is 1. The van der Waals surface area contributed by atoms with Gasteiger partial charge in [0.15, 0.2) is 0 Å².